The van der Waals surface area contributed by atoms with E-state index in [1.54, 1.807) is 6.08 Å². The number of nitrogens with zero attached hydrogens (tertiary/aromatic N) is 1. The second-order valence-corrected chi connectivity index (χ2v) is 10.1. The highest BCUT2D eigenvalue weighted by Crippen LogP contribution is 2.36. The van der Waals surface area contributed by atoms with Gasteiger partial charge in [-0.05, 0) is 97.6 Å². The van der Waals surface area contributed by atoms with E-state index >= 15 is 0 Å². The van der Waals surface area contributed by atoms with E-state index in [4.69, 9.17) is 9.47 Å². The normalized spacial score (nSPS) is 14.5. The first kappa shape index (κ1) is 22.5. The average Bonchev–Trinajstić information content (AvgIpc) is 3.09. The van der Waals surface area contributed by atoms with Gasteiger partial charge >= 0.3 is 5.97 Å². The first-order chi connectivity index (χ1) is 14.9. The lowest BCUT2D eigenvalue weighted by molar-refractivity contribution is -0.129. The van der Waals surface area contributed by atoms with Gasteiger partial charge in [0, 0.05) is 14.5 Å². The number of aliphatic imine (C=N–C) groups is 1. The van der Waals surface area contributed by atoms with E-state index in [0.717, 1.165) is 34.6 Å². The standard InChI is InChI=1S/C23H13Br4NO3/c24-16-5-1-13(2-6-16)12-30-21-18(26)9-14(10-19(21)27)11-20-23(29)31-22(28-20)15-3-7-17(25)8-4-15/h1-11H,12H2/b20-11-. The average molecular weight is 671 g/mol. The van der Waals surface area contributed by atoms with Crippen molar-refractivity contribution in [2.24, 2.45) is 4.99 Å². The second kappa shape index (κ2) is 9.81. The molecule has 0 spiro atoms. The minimum absolute atomic E-state index is 0.236. The molecule has 0 radical (unpaired) electrons. The molecule has 4 rings (SSSR count). The molecule has 1 heterocycles. The predicted molar refractivity (Wildman–Crippen MR) is 135 cm³/mol. The number of esters is 1. The highest BCUT2D eigenvalue weighted by molar-refractivity contribution is 9.11. The van der Waals surface area contributed by atoms with Gasteiger partial charge in [-0.15, -0.1) is 0 Å². The van der Waals surface area contributed by atoms with E-state index in [1.165, 1.54) is 0 Å². The molecule has 0 saturated carbocycles. The fraction of sp³-hybridized carbons (Fsp3) is 0.0435. The van der Waals surface area contributed by atoms with Crippen LogP contribution in [0.4, 0.5) is 0 Å². The van der Waals surface area contributed by atoms with E-state index in [9.17, 15) is 4.79 Å². The van der Waals surface area contributed by atoms with Gasteiger partial charge in [-0.1, -0.05) is 44.0 Å². The van der Waals surface area contributed by atoms with Gasteiger partial charge in [0.15, 0.2) is 5.70 Å². The summed E-state index contributed by atoms with van der Waals surface area (Å²) in [5.41, 5.74) is 2.80. The minimum atomic E-state index is -0.485. The van der Waals surface area contributed by atoms with Crippen LogP contribution in [0.5, 0.6) is 5.75 Å². The van der Waals surface area contributed by atoms with Gasteiger partial charge in [0.2, 0.25) is 5.90 Å². The Balaban J connectivity index is 1.54. The molecule has 0 unspecified atom stereocenters. The van der Waals surface area contributed by atoms with Crippen molar-refractivity contribution in [2.75, 3.05) is 0 Å². The van der Waals surface area contributed by atoms with Crippen LogP contribution in [-0.2, 0) is 16.1 Å². The SMILES string of the molecule is O=C1OC(c2ccc(Br)cc2)=N/C1=C\c1cc(Br)c(OCc2ccc(Br)cc2)c(Br)c1. The zero-order valence-corrected chi connectivity index (χ0v) is 22.1. The van der Waals surface area contributed by atoms with Crippen LogP contribution in [0.2, 0.25) is 0 Å². The Labute approximate surface area is 212 Å². The van der Waals surface area contributed by atoms with Crippen LogP contribution < -0.4 is 4.74 Å². The summed E-state index contributed by atoms with van der Waals surface area (Å²) in [6, 6.07) is 19.1. The molecule has 1 aliphatic heterocycles. The van der Waals surface area contributed by atoms with E-state index in [1.807, 2.05) is 60.7 Å². The van der Waals surface area contributed by atoms with E-state index in [0.29, 0.717) is 12.4 Å². The Bertz CT molecular complexity index is 1180. The third-order valence-corrected chi connectivity index (χ3v) is 6.57. The van der Waals surface area contributed by atoms with Crippen molar-refractivity contribution in [1.29, 1.82) is 0 Å². The summed E-state index contributed by atoms with van der Waals surface area (Å²) in [5.74, 6) is 0.482. The summed E-state index contributed by atoms with van der Waals surface area (Å²) in [7, 11) is 0. The van der Waals surface area contributed by atoms with Crippen LogP contribution in [-0.4, -0.2) is 11.9 Å². The van der Waals surface area contributed by atoms with Crippen molar-refractivity contribution in [3.63, 3.8) is 0 Å². The molecule has 0 bridgehead atoms. The molecule has 31 heavy (non-hydrogen) atoms. The number of carbonyl (C=O) groups is 1. The summed E-state index contributed by atoms with van der Waals surface area (Å²) in [6.45, 7) is 0.429. The lowest BCUT2D eigenvalue weighted by Crippen LogP contribution is -2.05. The molecule has 0 amide bonds. The first-order valence-corrected chi connectivity index (χ1v) is 12.2. The van der Waals surface area contributed by atoms with Crippen molar-refractivity contribution in [2.45, 2.75) is 6.61 Å². The van der Waals surface area contributed by atoms with E-state index in [2.05, 4.69) is 68.7 Å². The number of benzene rings is 3. The maximum Gasteiger partial charge on any atom is 0.363 e. The quantitative estimate of drug-likeness (QED) is 0.207. The molecule has 0 saturated heterocycles. The molecule has 0 atom stereocenters. The number of halogens is 4. The Morgan fingerprint density at radius 2 is 1.45 bits per heavy atom. The predicted octanol–water partition coefficient (Wildman–Crippen LogP) is 7.66. The van der Waals surface area contributed by atoms with Crippen LogP contribution in [0, 0.1) is 0 Å². The molecular formula is C23H13Br4NO3. The van der Waals surface area contributed by atoms with Crippen molar-refractivity contribution in [3.8, 4) is 5.75 Å². The maximum atomic E-state index is 12.3. The zero-order chi connectivity index (χ0) is 22.0. The van der Waals surface area contributed by atoms with E-state index < -0.39 is 5.97 Å². The molecule has 3 aromatic rings. The van der Waals surface area contributed by atoms with Crippen LogP contribution in [0.1, 0.15) is 16.7 Å². The third-order valence-electron chi connectivity index (χ3n) is 4.33. The van der Waals surface area contributed by atoms with Gasteiger partial charge in [0.1, 0.15) is 12.4 Å². The highest BCUT2D eigenvalue weighted by Gasteiger charge is 2.24. The molecule has 156 valence electrons. The second-order valence-electron chi connectivity index (χ2n) is 6.57. The fourth-order valence-corrected chi connectivity index (χ4v) is 4.80. The van der Waals surface area contributed by atoms with Gasteiger partial charge in [-0.3, -0.25) is 0 Å². The zero-order valence-electron chi connectivity index (χ0n) is 15.7. The molecule has 1 aliphatic rings. The van der Waals surface area contributed by atoms with Gasteiger partial charge in [-0.2, -0.15) is 0 Å². The molecule has 0 aromatic heterocycles. The van der Waals surface area contributed by atoms with Crippen molar-refractivity contribution < 1.29 is 14.3 Å². The first-order valence-electron chi connectivity index (χ1n) is 9.04. The van der Waals surface area contributed by atoms with Crippen LogP contribution in [0.15, 0.2) is 89.2 Å². The summed E-state index contributed by atoms with van der Waals surface area (Å²) in [4.78, 5) is 16.6. The van der Waals surface area contributed by atoms with Gasteiger partial charge in [0.05, 0.1) is 8.95 Å². The summed E-state index contributed by atoms with van der Waals surface area (Å²) in [5, 5.41) is 0. The number of rotatable bonds is 5. The smallest absolute Gasteiger partial charge is 0.363 e. The maximum absolute atomic E-state index is 12.3. The molecule has 3 aromatic carbocycles. The minimum Gasteiger partial charge on any atom is -0.487 e. The van der Waals surface area contributed by atoms with Crippen molar-refractivity contribution in [1.82, 2.24) is 0 Å². The number of cyclic esters (lactones) is 1. The summed E-state index contributed by atoms with van der Waals surface area (Å²) < 4.78 is 14.8. The number of ether oxygens (including phenoxy) is 2. The Morgan fingerprint density at radius 1 is 0.871 bits per heavy atom. The fourth-order valence-electron chi connectivity index (χ4n) is 2.82. The van der Waals surface area contributed by atoms with Crippen molar-refractivity contribution in [3.05, 3.63) is 101 Å². The molecule has 0 N–H and O–H groups in total. The van der Waals surface area contributed by atoms with Gasteiger partial charge < -0.3 is 9.47 Å². The summed E-state index contributed by atoms with van der Waals surface area (Å²) in [6.07, 6.45) is 1.68. The third kappa shape index (κ3) is 5.55. The number of hydrogen-bond acceptors (Lipinski definition) is 4. The number of carbonyl (C=O) groups excluding carboxylic acids is 1. The lowest BCUT2D eigenvalue weighted by Gasteiger charge is -2.11. The lowest BCUT2D eigenvalue weighted by atomic mass is 10.2. The molecule has 0 fully saturated rings. The Morgan fingerprint density at radius 3 is 2.06 bits per heavy atom. The summed E-state index contributed by atoms with van der Waals surface area (Å²) >= 11 is 13.9. The molecule has 4 nitrogen and oxygen atoms in total. The highest BCUT2D eigenvalue weighted by atomic mass is 79.9. The van der Waals surface area contributed by atoms with E-state index in [-0.39, 0.29) is 11.6 Å². The molecular weight excluding hydrogens is 658 g/mol. The molecule has 0 aliphatic carbocycles. The Hall–Kier alpha value is -1.74. The van der Waals surface area contributed by atoms with Crippen LogP contribution in [0.3, 0.4) is 0 Å². The Kier molecular flexibility index (Phi) is 7.11. The topological polar surface area (TPSA) is 47.9 Å². The molecule has 8 heteroatoms. The van der Waals surface area contributed by atoms with Gasteiger partial charge in [-0.25, -0.2) is 9.79 Å². The van der Waals surface area contributed by atoms with Crippen LogP contribution >= 0.6 is 63.7 Å². The van der Waals surface area contributed by atoms with Crippen molar-refractivity contribution >= 4 is 81.7 Å². The largest absolute Gasteiger partial charge is 0.487 e. The van der Waals surface area contributed by atoms with Gasteiger partial charge in [0.25, 0.3) is 0 Å². The number of hydrogen-bond donors (Lipinski definition) is 0. The monoisotopic (exact) mass is 667 g/mol. The van der Waals surface area contributed by atoms with Crippen LogP contribution in [0.25, 0.3) is 6.08 Å².